The summed E-state index contributed by atoms with van der Waals surface area (Å²) in [7, 11) is 0. The second-order valence-corrected chi connectivity index (χ2v) is 13.7. The van der Waals surface area contributed by atoms with Gasteiger partial charge in [0.1, 0.15) is 22.3 Å². The molecule has 9 aromatic carbocycles. The molecule has 0 radical (unpaired) electrons. The second-order valence-electron chi connectivity index (χ2n) is 13.7. The predicted octanol–water partition coefficient (Wildman–Crippen LogP) is 14.6. The second kappa shape index (κ2) is 11.7. The van der Waals surface area contributed by atoms with Crippen molar-refractivity contribution < 1.29 is 8.83 Å². The standard InChI is InChI=1S/C50H31NO2/c1-2-10-37-30-38(21-20-32(37)8-1)35-18-16-33(17-19-35)34-22-25-39(26-23-34)51(40-27-29-47-44(31-40)42-12-5-6-14-46(42)52-47)45-13-7-15-48-49(45)43-28-24-36-9-3-4-11-41(36)50(43)53-48/h1-31H. The van der Waals surface area contributed by atoms with E-state index in [1.165, 1.54) is 27.5 Å². The van der Waals surface area contributed by atoms with Gasteiger partial charge in [-0.2, -0.15) is 0 Å². The van der Waals surface area contributed by atoms with E-state index in [-0.39, 0.29) is 0 Å². The molecule has 0 saturated carbocycles. The summed E-state index contributed by atoms with van der Waals surface area (Å²) >= 11 is 0. The summed E-state index contributed by atoms with van der Waals surface area (Å²) in [6.07, 6.45) is 0. The summed E-state index contributed by atoms with van der Waals surface area (Å²) < 4.78 is 12.9. The van der Waals surface area contributed by atoms with Crippen LogP contribution >= 0.6 is 0 Å². The summed E-state index contributed by atoms with van der Waals surface area (Å²) in [4.78, 5) is 2.35. The Morgan fingerprint density at radius 1 is 0.321 bits per heavy atom. The van der Waals surface area contributed by atoms with Gasteiger partial charge in [0, 0.05) is 32.9 Å². The van der Waals surface area contributed by atoms with Crippen molar-refractivity contribution in [2.24, 2.45) is 0 Å². The van der Waals surface area contributed by atoms with E-state index in [0.717, 1.165) is 77.3 Å². The fourth-order valence-electron chi connectivity index (χ4n) is 8.03. The molecule has 0 atom stereocenters. The Labute approximate surface area is 305 Å². The zero-order valence-electron chi connectivity index (χ0n) is 28.7. The van der Waals surface area contributed by atoms with Gasteiger partial charge in [-0.15, -0.1) is 0 Å². The van der Waals surface area contributed by atoms with Crippen molar-refractivity contribution in [3.05, 3.63) is 188 Å². The first-order valence-electron chi connectivity index (χ1n) is 18.0. The smallest absolute Gasteiger partial charge is 0.143 e. The third-order valence-electron chi connectivity index (χ3n) is 10.7. The van der Waals surface area contributed by atoms with Crippen LogP contribution in [0, 0.1) is 0 Å². The van der Waals surface area contributed by atoms with Crippen LogP contribution in [0.3, 0.4) is 0 Å². The van der Waals surface area contributed by atoms with Crippen LogP contribution in [0.25, 0.3) is 87.7 Å². The highest BCUT2D eigenvalue weighted by molar-refractivity contribution is 6.20. The Kier molecular flexibility index (Phi) is 6.55. The number of rotatable bonds is 5. The molecule has 11 aromatic rings. The van der Waals surface area contributed by atoms with E-state index in [2.05, 4.69) is 181 Å². The lowest BCUT2D eigenvalue weighted by Gasteiger charge is -2.26. The van der Waals surface area contributed by atoms with Crippen LogP contribution < -0.4 is 4.90 Å². The van der Waals surface area contributed by atoms with Gasteiger partial charge < -0.3 is 13.7 Å². The van der Waals surface area contributed by atoms with Gasteiger partial charge >= 0.3 is 0 Å². The van der Waals surface area contributed by atoms with E-state index in [1.807, 2.05) is 12.1 Å². The molecule has 53 heavy (non-hydrogen) atoms. The number of furan rings is 2. The molecule has 2 heterocycles. The number of benzene rings is 9. The maximum absolute atomic E-state index is 6.64. The Bertz CT molecular complexity index is 3170. The fourth-order valence-corrected chi connectivity index (χ4v) is 8.03. The Morgan fingerprint density at radius 3 is 1.75 bits per heavy atom. The number of fused-ring (bicyclic) bond motifs is 9. The summed E-state index contributed by atoms with van der Waals surface area (Å²) in [6.45, 7) is 0. The quantitative estimate of drug-likeness (QED) is 0.182. The molecule has 3 heteroatoms. The molecule has 0 saturated heterocycles. The highest BCUT2D eigenvalue weighted by atomic mass is 16.3. The summed E-state index contributed by atoms with van der Waals surface area (Å²) in [5.74, 6) is 0. The number of hydrogen-bond acceptors (Lipinski definition) is 3. The van der Waals surface area contributed by atoms with Crippen LogP contribution in [0.5, 0.6) is 0 Å². The monoisotopic (exact) mass is 677 g/mol. The van der Waals surface area contributed by atoms with Crippen molar-refractivity contribution >= 4 is 82.5 Å². The van der Waals surface area contributed by atoms with Crippen molar-refractivity contribution in [2.75, 3.05) is 4.90 Å². The van der Waals surface area contributed by atoms with Gasteiger partial charge in [0.05, 0.1) is 11.1 Å². The van der Waals surface area contributed by atoms with E-state index < -0.39 is 0 Å². The topological polar surface area (TPSA) is 29.5 Å². The van der Waals surface area contributed by atoms with E-state index in [1.54, 1.807) is 0 Å². The van der Waals surface area contributed by atoms with E-state index >= 15 is 0 Å². The molecule has 0 fully saturated rings. The van der Waals surface area contributed by atoms with Crippen molar-refractivity contribution in [3.8, 4) is 22.3 Å². The minimum atomic E-state index is 0.858. The average molecular weight is 678 g/mol. The lowest BCUT2D eigenvalue weighted by Crippen LogP contribution is -2.10. The molecular formula is C50H31NO2. The Morgan fingerprint density at radius 2 is 0.925 bits per heavy atom. The summed E-state index contributed by atoms with van der Waals surface area (Å²) in [6, 6.07) is 66.9. The molecule has 0 N–H and O–H groups in total. The molecule has 2 aromatic heterocycles. The molecule has 0 spiro atoms. The van der Waals surface area contributed by atoms with Crippen LogP contribution in [-0.4, -0.2) is 0 Å². The van der Waals surface area contributed by atoms with Gasteiger partial charge in [-0.05, 0) is 99.1 Å². The highest BCUT2D eigenvalue weighted by Gasteiger charge is 2.21. The number of hydrogen-bond donors (Lipinski definition) is 0. The average Bonchev–Trinajstić information content (AvgIpc) is 3.80. The molecule has 0 aliphatic carbocycles. The minimum absolute atomic E-state index is 0.858. The largest absolute Gasteiger partial charge is 0.456 e. The van der Waals surface area contributed by atoms with Crippen LogP contribution in [0.4, 0.5) is 17.1 Å². The lowest BCUT2D eigenvalue weighted by molar-refractivity contribution is 0.669. The van der Waals surface area contributed by atoms with E-state index in [0.29, 0.717) is 0 Å². The van der Waals surface area contributed by atoms with Crippen molar-refractivity contribution in [1.82, 2.24) is 0 Å². The zero-order valence-corrected chi connectivity index (χ0v) is 28.7. The maximum Gasteiger partial charge on any atom is 0.143 e. The third kappa shape index (κ3) is 4.82. The highest BCUT2D eigenvalue weighted by Crippen LogP contribution is 2.45. The van der Waals surface area contributed by atoms with Gasteiger partial charge in [-0.25, -0.2) is 0 Å². The van der Waals surface area contributed by atoms with E-state index in [9.17, 15) is 0 Å². The molecular weight excluding hydrogens is 647 g/mol. The molecule has 0 unspecified atom stereocenters. The fraction of sp³-hybridized carbons (Fsp3) is 0. The first-order chi connectivity index (χ1) is 26.2. The summed E-state index contributed by atoms with van der Waals surface area (Å²) in [5, 5.41) is 9.15. The number of nitrogens with zero attached hydrogens (tertiary/aromatic N) is 1. The lowest BCUT2D eigenvalue weighted by atomic mass is 9.98. The SMILES string of the molecule is c1ccc2cc(-c3ccc(-c4ccc(N(c5ccc6oc7ccccc7c6c5)c5cccc6oc7c8ccccc8ccc7c56)cc4)cc3)ccc2c1. The van der Waals surface area contributed by atoms with E-state index in [4.69, 9.17) is 8.83 Å². The Hall–Kier alpha value is -7.10. The maximum atomic E-state index is 6.64. The molecule has 11 rings (SSSR count). The van der Waals surface area contributed by atoms with Crippen molar-refractivity contribution in [1.29, 1.82) is 0 Å². The molecule has 0 amide bonds. The van der Waals surface area contributed by atoms with Crippen molar-refractivity contribution in [3.63, 3.8) is 0 Å². The predicted molar refractivity (Wildman–Crippen MR) is 222 cm³/mol. The van der Waals surface area contributed by atoms with Crippen LogP contribution in [0.1, 0.15) is 0 Å². The van der Waals surface area contributed by atoms with Crippen LogP contribution in [0.2, 0.25) is 0 Å². The van der Waals surface area contributed by atoms with Gasteiger partial charge in [-0.1, -0.05) is 127 Å². The van der Waals surface area contributed by atoms with Crippen LogP contribution in [-0.2, 0) is 0 Å². The molecule has 0 aliphatic heterocycles. The van der Waals surface area contributed by atoms with Gasteiger partial charge in [0.25, 0.3) is 0 Å². The molecule has 0 bridgehead atoms. The van der Waals surface area contributed by atoms with Crippen LogP contribution in [0.15, 0.2) is 197 Å². The first kappa shape index (κ1) is 29.6. The molecule has 3 nitrogen and oxygen atoms in total. The van der Waals surface area contributed by atoms with Gasteiger partial charge in [-0.3, -0.25) is 0 Å². The van der Waals surface area contributed by atoms with Gasteiger partial charge in [0.15, 0.2) is 0 Å². The number of anilines is 3. The summed E-state index contributed by atoms with van der Waals surface area (Å²) in [5.41, 5.74) is 11.4. The first-order valence-corrected chi connectivity index (χ1v) is 18.0. The van der Waals surface area contributed by atoms with Gasteiger partial charge in [0.2, 0.25) is 0 Å². The zero-order chi connectivity index (χ0) is 34.9. The molecule has 0 aliphatic rings. The Balaban J connectivity index is 1.05. The third-order valence-corrected chi connectivity index (χ3v) is 10.7. The normalized spacial score (nSPS) is 11.8. The molecule has 248 valence electrons. The number of para-hydroxylation sites is 1. The van der Waals surface area contributed by atoms with Crippen molar-refractivity contribution in [2.45, 2.75) is 0 Å². The minimum Gasteiger partial charge on any atom is -0.456 e.